The van der Waals surface area contributed by atoms with Crippen molar-refractivity contribution in [2.45, 2.75) is 13.0 Å². The van der Waals surface area contributed by atoms with Gasteiger partial charge < -0.3 is 24.3 Å². The van der Waals surface area contributed by atoms with Crippen LogP contribution in [0, 0.1) is 11.3 Å². The lowest BCUT2D eigenvalue weighted by atomic mass is 10.2. The summed E-state index contributed by atoms with van der Waals surface area (Å²) in [6.07, 6.45) is -0.792. The molecule has 0 aliphatic rings. The molecule has 2 rings (SSSR count). The topological polar surface area (TPSA) is 89.8 Å². The number of rotatable bonds is 9. The second-order valence-electron chi connectivity index (χ2n) is 5.56. The molecule has 0 heterocycles. The third kappa shape index (κ3) is 5.62. The van der Waals surface area contributed by atoms with Gasteiger partial charge in [-0.1, -0.05) is 12.1 Å². The number of carbonyl (C=O) groups is 1. The zero-order chi connectivity index (χ0) is 19.6. The molecule has 0 saturated carbocycles. The molecule has 0 radical (unpaired) electrons. The highest BCUT2D eigenvalue weighted by Crippen LogP contribution is 2.30. The van der Waals surface area contributed by atoms with E-state index < -0.39 is 6.10 Å². The van der Waals surface area contributed by atoms with E-state index in [0.717, 1.165) is 0 Å². The highest BCUT2D eigenvalue weighted by atomic mass is 16.5. The third-order valence-electron chi connectivity index (χ3n) is 3.66. The van der Waals surface area contributed by atoms with Gasteiger partial charge in [-0.2, -0.15) is 5.26 Å². The van der Waals surface area contributed by atoms with Gasteiger partial charge in [-0.15, -0.1) is 0 Å². The molecule has 1 N–H and O–H groups in total. The van der Waals surface area contributed by atoms with Crippen LogP contribution in [0.2, 0.25) is 0 Å². The van der Waals surface area contributed by atoms with Crippen molar-refractivity contribution >= 4 is 11.6 Å². The van der Waals surface area contributed by atoms with Gasteiger partial charge in [0.25, 0.3) is 5.91 Å². The molecule has 0 saturated heterocycles. The molecule has 7 heteroatoms. The van der Waals surface area contributed by atoms with Crippen LogP contribution >= 0.6 is 0 Å². The van der Waals surface area contributed by atoms with E-state index in [-0.39, 0.29) is 5.91 Å². The number of benzene rings is 2. The van der Waals surface area contributed by atoms with Crippen molar-refractivity contribution in [1.82, 2.24) is 0 Å². The molecule has 0 fully saturated rings. The summed E-state index contributed by atoms with van der Waals surface area (Å²) < 4.78 is 21.4. The molecule has 2 aromatic carbocycles. The molecule has 1 amide bonds. The molecular formula is C20H22N2O5. The van der Waals surface area contributed by atoms with Crippen molar-refractivity contribution in [3.8, 4) is 23.3 Å². The van der Waals surface area contributed by atoms with Crippen LogP contribution in [-0.2, 0) is 9.53 Å². The standard InChI is InChI=1S/C20H22N2O5/c1-14(27-17-7-5-4-6-15(17)13-21)20(23)22-16-8-9-18(25-3)19(12-16)26-11-10-24-2/h4-9,12,14H,10-11H2,1-3H3,(H,22,23). The van der Waals surface area contributed by atoms with Crippen molar-refractivity contribution in [3.05, 3.63) is 48.0 Å². The van der Waals surface area contributed by atoms with Crippen LogP contribution in [-0.4, -0.2) is 39.4 Å². The zero-order valence-corrected chi connectivity index (χ0v) is 15.5. The van der Waals surface area contributed by atoms with Gasteiger partial charge in [0.05, 0.1) is 19.3 Å². The Bertz CT molecular complexity index is 816. The van der Waals surface area contributed by atoms with Gasteiger partial charge >= 0.3 is 0 Å². The fraction of sp³-hybridized carbons (Fsp3) is 0.300. The number of hydrogen-bond donors (Lipinski definition) is 1. The Morgan fingerprint density at radius 3 is 2.59 bits per heavy atom. The summed E-state index contributed by atoms with van der Waals surface area (Å²) in [7, 11) is 3.13. The predicted octanol–water partition coefficient (Wildman–Crippen LogP) is 3.00. The zero-order valence-electron chi connectivity index (χ0n) is 15.5. The summed E-state index contributed by atoms with van der Waals surface area (Å²) in [4.78, 5) is 12.4. The number of methoxy groups -OCH3 is 2. The molecule has 1 atom stereocenters. The van der Waals surface area contributed by atoms with Gasteiger partial charge in [0.2, 0.25) is 0 Å². The molecular weight excluding hydrogens is 348 g/mol. The molecule has 27 heavy (non-hydrogen) atoms. The quantitative estimate of drug-likeness (QED) is 0.683. The maximum absolute atomic E-state index is 12.4. The van der Waals surface area contributed by atoms with Gasteiger partial charge in [0.1, 0.15) is 18.4 Å². The van der Waals surface area contributed by atoms with Crippen LogP contribution in [0.25, 0.3) is 0 Å². The Kier molecular flexibility index (Phi) is 7.47. The van der Waals surface area contributed by atoms with Gasteiger partial charge in [0, 0.05) is 18.9 Å². The number of carbonyl (C=O) groups excluding carboxylic acids is 1. The number of nitrogens with one attached hydrogen (secondary N) is 1. The minimum absolute atomic E-state index is 0.351. The van der Waals surface area contributed by atoms with Gasteiger partial charge in [-0.3, -0.25) is 4.79 Å². The Morgan fingerprint density at radius 2 is 1.89 bits per heavy atom. The van der Waals surface area contributed by atoms with E-state index in [1.54, 1.807) is 63.6 Å². The van der Waals surface area contributed by atoms with Crippen LogP contribution in [0.4, 0.5) is 5.69 Å². The molecule has 142 valence electrons. The molecule has 7 nitrogen and oxygen atoms in total. The highest BCUT2D eigenvalue weighted by Gasteiger charge is 2.17. The molecule has 0 aliphatic heterocycles. The minimum atomic E-state index is -0.792. The van der Waals surface area contributed by atoms with Gasteiger partial charge in [-0.05, 0) is 31.2 Å². The van der Waals surface area contributed by atoms with Crippen molar-refractivity contribution < 1.29 is 23.7 Å². The molecule has 0 aliphatic carbocycles. The molecule has 0 spiro atoms. The van der Waals surface area contributed by atoms with Crippen molar-refractivity contribution in [2.75, 3.05) is 32.8 Å². The second kappa shape index (κ2) is 10.0. The van der Waals surface area contributed by atoms with Crippen LogP contribution in [0.5, 0.6) is 17.2 Å². The number of nitriles is 1. The molecule has 1 unspecified atom stereocenters. The van der Waals surface area contributed by atoms with Crippen molar-refractivity contribution in [1.29, 1.82) is 5.26 Å². The van der Waals surface area contributed by atoms with Gasteiger partial charge in [-0.25, -0.2) is 0 Å². The Morgan fingerprint density at radius 1 is 1.11 bits per heavy atom. The van der Waals surface area contributed by atoms with E-state index in [9.17, 15) is 4.79 Å². The maximum atomic E-state index is 12.4. The Hall–Kier alpha value is -3.24. The Balaban J connectivity index is 2.05. The fourth-order valence-corrected chi connectivity index (χ4v) is 2.25. The maximum Gasteiger partial charge on any atom is 0.265 e. The van der Waals surface area contributed by atoms with E-state index >= 15 is 0 Å². The number of para-hydroxylation sites is 1. The first-order valence-electron chi connectivity index (χ1n) is 8.35. The number of anilines is 1. The summed E-state index contributed by atoms with van der Waals surface area (Å²) in [5.74, 6) is 1.06. The smallest absolute Gasteiger partial charge is 0.265 e. The summed E-state index contributed by atoms with van der Waals surface area (Å²) in [5.41, 5.74) is 0.910. The normalized spacial score (nSPS) is 11.2. The summed E-state index contributed by atoms with van der Waals surface area (Å²) >= 11 is 0. The van der Waals surface area contributed by atoms with Crippen molar-refractivity contribution in [2.24, 2.45) is 0 Å². The van der Waals surface area contributed by atoms with Crippen LogP contribution in [0.15, 0.2) is 42.5 Å². The fourth-order valence-electron chi connectivity index (χ4n) is 2.25. The van der Waals surface area contributed by atoms with Crippen molar-refractivity contribution in [3.63, 3.8) is 0 Å². The third-order valence-corrected chi connectivity index (χ3v) is 3.66. The summed E-state index contributed by atoms with van der Waals surface area (Å²) in [5, 5.41) is 11.9. The monoisotopic (exact) mass is 370 g/mol. The second-order valence-corrected chi connectivity index (χ2v) is 5.56. The first-order valence-corrected chi connectivity index (χ1v) is 8.35. The lowest BCUT2D eigenvalue weighted by Crippen LogP contribution is -2.30. The van der Waals surface area contributed by atoms with Gasteiger partial charge in [0.15, 0.2) is 17.6 Å². The van der Waals surface area contributed by atoms with Crippen LogP contribution in [0.1, 0.15) is 12.5 Å². The minimum Gasteiger partial charge on any atom is -0.493 e. The first kappa shape index (κ1) is 20.1. The summed E-state index contributed by atoms with van der Waals surface area (Å²) in [6, 6.07) is 13.9. The molecule has 2 aromatic rings. The lowest BCUT2D eigenvalue weighted by molar-refractivity contribution is -0.122. The van der Waals surface area contributed by atoms with E-state index in [1.807, 2.05) is 6.07 Å². The van der Waals surface area contributed by atoms with E-state index in [2.05, 4.69) is 5.32 Å². The number of hydrogen-bond acceptors (Lipinski definition) is 6. The average molecular weight is 370 g/mol. The van der Waals surface area contributed by atoms with Crippen LogP contribution in [0.3, 0.4) is 0 Å². The highest BCUT2D eigenvalue weighted by molar-refractivity contribution is 5.94. The predicted molar refractivity (Wildman–Crippen MR) is 100 cm³/mol. The van der Waals surface area contributed by atoms with E-state index in [1.165, 1.54) is 0 Å². The largest absolute Gasteiger partial charge is 0.493 e. The Labute approximate surface area is 158 Å². The van der Waals surface area contributed by atoms with Crippen LogP contribution < -0.4 is 19.5 Å². The SMILES string of the molecule is COCCOc1cc(NC(=O)C(C)Oc2ccccc2C#N)ccc1OC. The van der Waals surface area contributed by atoms with E-state index in [4.69, 9.17) is 24.2 Å². The van der Waals surface area contributed by atoms with E-state index in [0.29, 0.717) is 41.7 Å². The first-order chi connectivity index (χ1) is 13.1. The molecule has 0 bridgehead atoms. The lowest BCUT2D eigenvalue weighted by Gasteiger charge is -2.17. The number of ether oxygens (including phenoxy) is 4. The summed E-state index contributed by atoms with van der Waals surface area (Å²) in [6.45, 7) is 2.40. The average Bonchev–Trinajstić information content (AvgIpc) is 2.68. The molecule has 0 aromatic heterocycles. The number of nitrogens with zero attached hydrogens (tertiary/aromatic N) is 1. The number of amides is 1.